The van der Waals surface area contributed by atoms with E-state index in [1.165, 1.54) is 11.8 Å². The molecule has 74 valence electrons. The van der Waals surface area contributed by atoms with Crippen LogP contribution in [0.2, 0.25) is 0 Å². The average Bonchev–Trinajstić information content (AvgIpc) is 2.26. The van der Waals surface area contributed by atoms with Crippen molar-refractivity contribution in [2.24, 2.45) is 0 Å². The Morgan fingerprint density at radius 3 is 2.79 bits per heavy atom. The van der Waals surface area contributed by atoms with Crippen molar-refractivity contribution in [1.82, 2.24) is 10.3 Å². The highest BCUT2D eigenvalue weighted by Crippen LogP contribution is 2.09. The molecule has 0 aliphatic heterocycles. The number of pyridine rings is 1. The third kappa shape index (κ3) is 2.42. The first-order valence-corrected chi connectivity index (χ1v) is 4.65. The molecule has 0 aliphatic rings. The Morgan fingerprint density at radius 1 is 1.57 bits per heavy atom. The molecule has 1 aromatic heterocycles. The van der Waals surface area contributed by atoms with Gasteiger partial charge in [-0.05, 0) is 18.1 Å². The van der Waals surface area contributed by atoms with Crippen molar-refractivity contribution in [3.05, 3.63) is 35.8 Å². The van der Waals surface area contributed by atoms with Crippen molar-refractivity contribution in [3.8, 4) is 0 Å². The molecule has 0 aliphatic carbocycles. The topological polar surface area (TPSA) is 48.8 Å². The molecular weight excluding hydrogens is 174 g/mol. The zero-order chi connectivity index (χ0) is 10.4. The molecule has 0 aromatic carbocycles. The Balaban J connectivity index is 2.95. The zero-order valence-electron chi connectivity index (χ0n) is 8.54. The molecule has 0 saturated heterocycles. The molecule has 0 amide bonds. The minimum atomic E-state index is 0.787. The number of rotatable bonds is 4. The Labute approximate surface area is 84.4 Å². The first-order valence-electron chi connectivity index (χ1n) is 4.65. The third-order valence-corrected chi connectivity index (χ3v) is 1.98. The molecule has 1 aromatic rings. The lowest BCUT2D eigenvalue weighted by molar-refractivity contribution is 1.08. The summed E-state index contributed by atoms with van der Waals surface area (Å²) < 4.78 is 0. The van der Waals surface area contributed by atoms with E-state index in [4.69, 9.17) is 5.41 Å². The number of hydrogen-bond acceptors (Lipinski definition) is 3. The Morgan fingerprint density at radius 2 is 2.36 bits per heavy atom. The van der Waals surface area contributed by atoms with Crippen molar-refractivity contribution >= 4 is 11.8 Å². The van der Waals surface area contributed by atoms with Crippen LogP contribution in [0.5, 0.6) is 0 Å². The number of aryl methyl sites for hydroxylation is 1. The van der Waals surface area contributed by atoms with Gasteiger partial charge in [0, 0.05) is 31.2 Å². The van der Waals surface area contributed by atoms with Crippen molar-refractivity contribution in [2.75, 3.05) is 7.05 Å². The van der Waals surface area contributed by atoms with Gasteiger partial charge >= 0.3 is 0 Å². The highest BCUT2D eigenvalue weighted by molar-refractivity contribution is 6.07. The molecule has 0 unspecified atom stereocenters. The molecule has 3 heteroatoms. The largest absolute Gasteiger partial charge is 0.393 e. The summed E-state index contributed by atoms with van der Waals surface area (Å²) in [5.41, 5.74) is 2.82. The van der Waals surface area contributed by atoms with Crippen LogP contribution < -0.4 is 5.32 Å². The zero-order valence-corrected chi connectivity index (χ0v) is 8.54. The minimum Gasteiger partial charge on any atom is -0.393 e. The van der Waals surface area contributed by atoms with Gasteiger partial charge in [0.25, 0.3) is 0 Å². The maximum Gasteiger partial charge on any atom is 0.0731 e. The molecule has 1 rings (SSSR count). The normalized spacial score (nSPS) is 11.1. The van der Waals surface area contributed by atoms with Gasteiger partial charge in [0.2, 0.25) is 0 Å². The van der Waals surface area contributed by atoms with Gasteiger partial charge in [-0.25, -0.2) is 0 Å². The molecule has 0 saturated carbocycles. The van der Waals surface area contributed by atoms with Gasteiger partial charge in [0.05, 0.1) is 5.69 Å². The molecule has 3 nitrogen and oxygen atoms in total. The number of aromatic nitrogens is 1. The first-order chi connectivity index (χ1) is 6.81. The summed E-state index contributed by atoms with van der Waals surface area (Å²) in [7, 11) is 1.81. The molecule has 0 spiro atoms. The van der Waals surface area contributed by atoms with Gasteiger partial charge < -0.3 is 10.7 Å². The SMILES string of the molecule is CCc1ccc(/C(C=N)=C/NC)nc1. The molecule has 0 radical (unpaired) electrons. The van der Waals surface area contributed by atoms with Gasteiger partial charge in [-0.2, -0.15) is 0 Å². The molecule has 1 heterocycles. The summed E-state index contributed by atoms with van der Waals surface area (Å²) in [6.45, 7) is 2.09. The van der Waals surface area contributed by atoms with E-state index in [0.717, 1.165) is 17.7 Å². The predicted octanol–water partition coefficient (Wildman–Crippen LogP) is 1.85. The van der Waals surface area contributed by atoms with Crippen molar-refractivity contribution in [3.63, 3.8) is 0 Å². The highest BCUT2D eigenvalue weighted by atomic mass is 14.8. The lowest BCUT2D eigenvalue weighted by atomic mass is 10.1. The Hall–Kier alpha value is -1.64. The van der Waals surface area contributed by atoms with Crippen LogP contribution in [0.4, 0.5) is 0 Å². The lowest BCUT2D eigenvalue weighted by Gasteiger charge is -2.01. The van der Waals surface area contributed by atoms with Gasteiger partial charge in [-0.15, -0.1) is 0 Å². The van der Waals surface area contributed by atoms with Crippen molar-refractivity contribution in [1.29, 1.82) is 5.41 Å². The predicted molar refractivity (Wildman–Crippen MR) is 59.4 cm³/mol. The second-order valence-electron chi connectivity index (χ2n) is 2.94. The second kappa shape index (κ2) is 5.17. The minimum absolute atomic E-state index is 0.787. The quantitative estimate of drug-likeness (QED) is 0.710. The molecular formula is C11H15N3. The van der Waals surface area contributed by atoms with Crippen LogP contribution in [0.25, 0.3) is 5.57 Å². The van der Waals surface area contributed by atoms with E-state index in [-0.39, 0.29) is 0 Å². The molecule has 14 heavy (non-hydrogen) atoms. The fraction of sp³-hybridized carbons (Fsp3) is 0.273. The average molecular weight is 189 g/mol. The van der Waals surface area contributed by atoms with E-state index in [0.29, 0.717) is 0 Å². The van der Waals surface area contributed by atoms with E-state index in [9.17, 15) is 0 Å². The van der Waals surface area contributed by atoms with Crippen LogP contribution in [-0.2, 0) is 6.42 Å². The monoisotopic (exact) mass is 189 g/mol. The Bertz CT molecular complexity index is 325. The molecule has 0 atom stereocenters. The summed E-state index contributed by atoms with van der Waals surface area (Å²) >= 11 is 0. The number of nitrogens with zero attached hydrogens (tertiary/aromatic N) is 1. The van der Waals surface area contributed by atoms with Crippen LogP contribution >= 0.6 is 0 Å². The van der Waals surface area contributed by atoms with Gasteiger partial charge in [0.15, 0.2) is 0 Å². The summed E-state index contributed by atoms with van der Waals surface area (Å²) in [6, 6.07) is 3.97. The van der Waals surface area contributed by atoms with Gasteiger partial charge in [-0.3, -0.25) is 4.98 Å². The summed E-state index contributed by atoms with van der Waals surface area (Å²) in [5, 5.41) is 10.1. The number of allylic oxidation sites excluding steroid dienone is 1. The van der Waals surface area contributed by atoms with Crippen LogP contribution in [0.3, 0.4) is 0 Å². The van der Waals surface area contributed by atoms with Crippen LogP contribution in [0, 0.1) is 5.41 Å². The third-order valence-electron chi connectivity index (χ3n) is 1.98. The number of hydrogen-bond donors (Lipinski definition) is 2. The highest BCUT2D eigenvalue weighted by Gasteiger charge is 1.98. The Kier molecular flexibility index (Phi) is 3.85. The van der Waals surface area contributed by atoms with Crippen LogP contribution in [-0.4, -0.2) is 18.2 Å². The summed E-state index contributed by atoms with van der Waals surface area (Å²) in [5.74, 6) is 0. The molecule has 0 fully saturated rings. The van der Waals surface area contributed by atoms with Crippen LogP contribution in [0.15, 0.2) is 24.5 Å². The second-order valence-corrected chi connectivity index (χ2v) is 2.94. The number of nitrogens with one attached hydrogen (secondary N) is 2. The van der Waals surface area contributed by atoms with Crippen molar-refractivity contribution < 1.29 is 0 Å². The van der Waals surface area contributed by atoms with Gasteiger partial charge in [-0.1, -0.05) is 13.0 Å². The molecule has 0 bridgehead atoms. The van der Waals surface area contributed by atoms with E-state index >= 15 is 0 Å². The summed E-state index contributed by atoms with van der Waals surface area (Å²) in [4.78, 5) is 4.28. The van der Waals surface area contributed by atoms with E-state index in [1.807, 2.05) is 25.4 Å². The fourth-order valence-corrected chi connectivity index (χ4v) is 1.15. The maximum atomic E-state index is 7.23. The van der Waals surface area contributed by atoms with Gasteiger partial charge in [0.1, 0.15) is 0 Å². The molecule has 2 N–H and O–H groups in total. The lowest BCUT2D eigenvalue weighted by Crippen LogP contribution is -1.99. The van der Waals surface area contributed by atoms with Crippen molar-refractivity contribution in [2.45, 2.75) is 13.3 Å². The first kappa shape index (κ1) is 10.4. The smallest absolute Gasteiger partial charge is 0.0731 e. The van der Waals surface area contributed by atoms with Crippen LogP contribution in [0.1, 0.15) is 18.2 Å². The van der Waals surface area contributed by atoms with E-state index in [1.54, 1.807) is 6.20 Å². The van der Waals surface area contributed by atoms with E-state index < -0.39 is 0 Å². The van der Waals surface area contributed by atoms with E-state index in [2.05, 4.69) is 17.2 Å². The maximum absolute atomic E-state index is 7.23. The fourth-order valence-electron chi connectivity index (χ4n) is 1.15. The summed E-state index contributed by atoms with van der Waals surface area (Å²) in [6.07, 6.45) is 5.90. The standard InChI is InChI=1S/C11H15N3/c1-3-9-4-5-11(14-7-9)10(6-12)8-13-2/h4-8,12-13H,3H2,1-2H3/b10-8+,12-6?.